The van der Waals surface area contributed by atoms with E-state index in [4.69, 9.17) is 39.9 Å². The second kappa shape index (κ2) is 7.85. The van der Waals surface area contributed by atoms with Gasteiger partial charge >= 0.3 is 5.97 Å². The summed E-state index contributed by atoms with van der Waals surface area (Å²) in [5, 5.41) is 9.49. The Morgan fingerprint density at radius 3 is 2.04 bits per heavy atom. The standard InChI is InChI=1S/C17H15Cl3N2O4S/c18-12-2-1-3-13(19)16(12)27(25,26)22-8-6-21(7-9-22)15-5-4-11(17(23)24)10-14(15)20/h1-5,10H,6-9H2,(H,23,24). The summed E-state index contributed by atoms with van der Waals surface area (Å²) >= 11 is 18.3. The minimum absolute atomic E-state index is 0.0808. The summed E-state index contributed by atoms with van der Waals surface area (Å²) < 4.78 is 27.1. The molecule has 2 aromatic carbocycles. The molecule has 0 bridgehead atoms. The Morgan fingerprint density at radius 1 is 0.926 bits per heavy atom. The molecular formula is C17H15Cl3N2O4S. The van der Waals surface area contributed by atoms with Gasteiger partial charge in [-0.3, -0.25) is 0 Å². The second-order valence-electron chi connectivity index (χ2n) is 5.91. The van der Waals surface area contributed by atoms with Gasteiger partial charge in [0.2, 0.25) is 10.0 Å². The molecule has 0 unspecified atom stereocenters. The summed E-state index contributed by atoms with van der Waals surface area (Å²) in [6, 6.07) is 9.04. The van der Waals surface area contributed by atoms with Gasteiger partial charge in [-0.2, -0.15) is 4.31 Å². The van der Waals surface area contributed by atoms with Crippen molar-refractivity contribution in [2.24, 2.45) is 0 Å². The lowest BCUT2D eigenvalue weighted by atomic mass is 10.2. The smallest absolute Gasteiger partial charge is 0.335 e. The summed E-state index contributed by atoms with van der Waals surface area (Å²) in [4.78, 5) is 12.8. The monoisotopic (exact) mass is 448 g/mol. The molecule has 1 fully saturated rings. The number of anilines is 1. The van der Waals surface area contributed by atoms with Gasteiger partial charge in [0.25, 0.3) is 0 Å². The van der Waals surface area contributed by atoms with E-state index in [0.717, 1.165) is 0 Å². The second-order valence-corrected chi connectivity index (χ2v) is 9.01. The normalized spacial score (nSPS) is 15.7. The largest absolute Gasteiger partial charge is 0.478 e. The first-order valence-electron chi connectivity index (χ1n) is 7.94. The maximum atomic E-state index is 12.9. The Labute approximate surface area is 171 Å². The average Bonchev–Trinajstić information content (AvgIpc) is 2.61. The van der Waals surface area contributed by atoms with Gasteiger partial charge in [-0.15, -0.1) is 0 Å². The third-order valence-electron chi connectivity index (χ3n) is 4.29. The number of carboxylic acid groups (broad SMARTS) is 1. The lowest BCUT2D eigenvalue weighted by Crippen LogP contribution is -2.48. The summed E-state index contributed by atoms with van der Waals surface area (Å²) in [6.45, 7) is 1.24. The van der Waals surface area contributed by atoms with Gasteiger partial charge in [-0.25, -0.2) is 13.2 Å². The Kier molecular flexibility index (Phi) is 5.88. The van der Waals surface area contributed by atoms with Crippen LogP contribution in [0.15, 0.2) is 41.3 Å². The zero-order valence-electron chi connectivity index (χ0n) is 13.9. The van der Waals surface area contributed by atoms with Gasteiger partial charge in [0.15, 0.2) is 0 Å². The van der Waals surface area contributed by atoms with Crippen LogP contribution in [0.1, 0.15) is 10.4 Å². The van der Waals surface area contributed by atoms with Gasteiger partial charge in [0, 0.05) is 26.2 Å². The first kappa shape index (κ1) is 20.2. The van der Waals surface area contributed by atoms with Gasteiger partial charge in [0.05, 0.1) is 26.3 Å². The number of nitrogens with zero attached hydrogens (tertiary/aromatic N) is 2. The molecule has 2 aromatic rings. The van der Waals surface area contributed by atoms with Crippen molar-refractivity contribution < 1.29 is 18.3 Å². The molecule has 27 heavy (non-hydrogen) atoms. The van der Waals surface area contributed by atoms with Crippen LogP contribution >= 0.6 is 34.8 Å². The van der Waals surface area contributed by atoms with Crippen LogP contribution in [0, 0.1) is 0 Å². The molecule has 0 saturated carbocycles. The van der Waals surface area contributed by atoms with Crippen molar-refractivity contribution in [2.75, 3.05) is 31.1 Å². The highest BCUT2D eigenvalue weighted by Gasteiger charge is 2.32. The number of benzene rings is 2. The number of sulfonamides is 1. The van der Waals surface area contributed by atoms with Gasteiger partial charge in [-0.05, 0) is 30.3 Å². The molecule has 1 saturated heterocycles. The van der Waals surface area contributed by atoms with Crippen LogP contribution in [0.4, 0.5) is 5.69 Å². The average molecular weight is 450 g/mol. The van der Waals surface area contributed by atoms with E-state index in [1.807, 2.05) is 4.90 Å². The van der Waals surface area contributed by atoms with Crippen molar-refractivity contribution in [2.45, 2.75) is 4.90 Å². The van der Waals surface area contributed by atoms with Crippen LogP contribution in [0.5, 0.6) is 0 Å². The molecule has 1 heterocycles. The summed E-state index contributed by atoms with van der Waals surface area (Å²) in [5.41, 5.74) is 0.757. The van der Waals surface area contributed by atoms with Gasteiger partial charge in [-0.1, -0.05) is 40.9 Å². The Balaban J connectivity index is 1.78. The van der Waals surface area contributed by atoms with E-state index >= 15 is 0 Å². The number of halogens is 3. The molecule has 0 spiro atoms. The maximum Gasteiger partial charge on any atom is 0.335 e. The van der Waals surface area contributed by atoms with Crippen molar-refractivity contribution in [3.63, 3.8) is 0 Å². The highest BCUT2D eigenvalue weighted by atomic mass is 35.5. The fourth-order valence-corrected chi connectivity index (χ4v) is 5.74. The Hall–Kier alpha value is -1.51. The first-order chi connectivity index (χ1) is 12.7. The van der Waals surface area contributed by atoms with Crippen LogP contribution in [-0.4, -0.2) is 50.0 Å². The third-order valence-corrected chi connectivity index (χ3v) is 7.45. The minimum atomic E-state index is -3.82. The third kappa shape index (κ3) is 4.02. The molecule has 0 radical (unpaired) electrons. The predicted molar refractivity (Wildman–Crippen MR) is 106 cm³/mol. The van der Waals surface area contributed by atoms with Crippen LogP contribution in [0.2, 0.25) is 15.1 Å². The molecular weight excluding hydrogens is 435 g/mol. The zero-order chi connectivity index (χ0) is 19.8. The number of aromatic carboxylic acids is 1. The SMILES string of the molecule is O=C(O)c1ccc(N2CCN(S(=O)(=O)c3c(Cl)cccc3Cl)CC2)c(Cl)c1. The molecule has 0 atom stereocenters. The quantitative estimate of drug-likeness (QED) is 0.767. The van der Waals surface area contributed by atoms with Crippen LogP contribution < -0.4 is 4.90 Å². The number of carbonyl (C=O) groups is 1. The van der Waals surface area contributed by atoms with E-state index in [-0.39, 0.29) is 33.6 Å². The molecule has 1 aliphatic heterocycles. The molecule has 0 aliphatic carbocycles. The van der Waals surface area contributed by atoms with Crippen LogP contribution in [0.3, 0.4) is 0 Å². The minimum Gasteiger partial charge on any atom is -0.478 e. The van der Waals surface area contributed by atoms with Crippen molar-refractivity contribution >= 4 is 56.5 Å². The summed E-state index contributed by atoms with van der Waals surface area (Å²) in [7, 11) is -3.82. The fourth-order valence-electron chi connectivity index (χ4n) is 2.92. The topological polar surface area (TPSA) is 77.9 Å². The molecule has 10 heteroatoms. The predicted octanol–water partition coefficient (Wildman–Crippen LogP) is 3.86. The van der Waals surface area contributed by atoms with E-state index < -0.39 is 16.0 Å². The van der Waals surface area contributed by atoms with E-state index in [1.165, 1.54) is 28.6 Å². The highest BCUT2D eigenvalue weighted by Crippen LogP contribution is 2.33. The molecule has 3 rings (SSSR count). The summed E-state index contributed by atoms with van der Waals surface area (Å²) in [5.74, 6) is -1.06. The lowest BCUT2D eigenvalue weighted by Gasteiger charge is -2.36. The highest BCUT2D eigenvalue weighted by molar-refractivity contribution is 7.89. The van der Waals surface area contributed by atoms with Crippen LogP contribution in [0.25, 0.3) is 0 Å². The van der Waals surface area contributed by atoms with Crippen molar-refractivity contribution in [1.29, 1.82) is 0 Å². The van der Waals surface area contributed by atoms with Crippen molar-refractivity contribution in [3.8, 4) is 0 Å². The van der Waals surface area contributed by atoms with Crippen molar-refractivity contribution in [3.05, 3.63) is 57.0 Å². The van der Waals surface area contributed by atoms with Gasteiger partial charge in [0.1, 0.15) is 4.90 Å². The lowest BCUT2D eigenvalue weighted by molar-refractivity contribution is 0.0697. The molecule has 0 aromatic heterocycles. The van der Waals surface area contributed by atoms with E-state index in [1.54, 1.807) is 12.1 Å². The molecule has 144 valence electrons. The number of hydrogen-bond donors (Lipinski definition) is 1. The van der Waals surface area contributed by atoms with E-state index in [9.17, 15) is 13.2 Å². The molecule has 6 nitrogen and oxygen atoms in total. The van der Waals surface area contributed by atoms with E-state index in [2.05, 4.69) is 0 Å². The zero-order valence-corrected chi connectivity index (χ0v) is 17.0. The van der Waals surface area contributed by atoms with Crippen molar-refractivity contribution in [1.82, 2.24) is 4.31 Å². The first-order valence-corrected chi connectivity index (χ1v) is 10.5. The maximum absolute atomic E-state index is 12.9. The fraction of sp³-hybridized carbons (Fsp3) is 0.235. The molecule has 1 N–H and O–H groups in total. The Bertz CT molecular complexity index is 969. The molecule has 0 amide bonds. The van der Waals surface area contributed by atoms with E-state index in [0.29, 0.717) is 23.8 Å². The number of hydrogen-bond acceptors (Lipinski definition) is 4. The van der Waals surface area contributed by atoms with Gasteiger partial charge < -0.3 is 10.0 Å². The Morgan fingerprint density at radius 2 is 1.52 bits per heavy atom. The van der Waals surface area contributed by atoms with Crippen LogP contribution in [-0.2, 0) is 10.0 Å². The number of rotatable bonds is 4. The number of piperazine rings is 1. The number of carboxylic acids is 1. The molecule has 1 aliphatic rings. The summed E-state index contributed by atoms with van der Waals surface area (Å²) in [6.07, 6.45) is 0.